The molecular formula is C20H21N5O2. The van der Waals surface area contributed by atoms with Crippen molar-refractivity contribution in [3.05, 3.63) is 83.2 Å². The van der Waals surface area contributed by atoms with Crippen LogP contribution in [0.2, 0.25) is 0 Å². The number of rotatable bonds is 6. The van der Waals surface area contributed by atoms with Gasteiger partial charge in [-0.3, -0.25) is 9.59 Å². The second-order valence-electron chi connectivity index (χ2n) is 6.22. The van der Waals surface area contributed by atoms with E-state index in [1.54, 1.807) is 42.0 Å². The van der Waals surface area contributed by atoms with Gasteiger partial charge in [0.15, 0.2) is 5.69 Å². The molecule has 1 heterocycles. The van der Waals surface area contributed by atoms with E-state index in [4.69, 9.17) is 0 Å². The Balaban J connectivity index is 1.62. The number of amides is 2. The summed E-state index contributed by atoms with van der Waals surface area (Å²) in [7, 11) is 3.30. The minimum absolute atomic E-state index is 0.138. The molecule has 0 fully saturated rings. The summed E-state index contributed by atoms with van der Waals surface area (Å²) >= 11 is 0. The molecule has 2 aromatic carbocycles. The molecule has 7 nitrogen and oxygen atoms in total. The topological polar surface area (TPSA) is 80.1 Å². The second-order valence-corrected chi connectivity index (χ2v) is 6.22. The van der Waals surface area contributed by atoms with E-state index in [9.17, 15) is 9.59 Å². The number of carbonyl (C=O) groups excluding carboxylic acids is 2. The molecule has 1 aromatic heterocycles. The first-order valence-electron chi connectivity index (χ1n) is 8.57. The van der Waals surface area contributed by atoms with E-state index in [-0.39, 0.29) is 11.8 Å². The van der Waals surface area contributed by atoms with Crippen LogP contribution in [0.25, 0.3) is 0 Å². The van der Waals surface area contributed by atoms with Crippen molar-refractivity contribution in [1.29, 1.82) is 0 Å². The first kappa shape index (κ1) is 18.3. The highest BCUT2D eigenvalue weighted by Gasteiger charge is 2.16. The normalized spacial score (nSPS) is 10.4. The van der Waals surface area contributed by atoms with E-state index in [0.717, 1.165) is 11.1 Å². The van der Waals surface area contributed by atoms with Gasteiger partial charge in [0.25, 0.3) is 11.8 Å². The molecule has 2 amide bonds. The van der Waals surface area contributed by atoms with Crippen molar-refractivity contribution in [2.24, 2.45) is 0 Å². The number of nitrogens with zero attached hydrogens (tertiary/aromatic N) is 4. The fraction of sp³-hybridized carbons (Fsp3) is 0.200. The summed E-state index contributed by atoms with van der Waals surface area (Å²) in [6.07, 6.45) is 1.65. The van der Waals surface area contributed by atoms with Gasteiger partial charge in [-0.25, -0.2) is 4.68 Å². The summed E-state index contributed by atoms with van der Waals surface area (Å²) in [6, 6.07) is 17.0. The molecule has 0 saturated heterocycles. The Morgan fingerprint density at radius 3 is 2.41 bits per heavy atom. The first-order chi connectivity index (χ1) is 13.1. The lowest BCUT2D eigenvalue weighted by molar-refractivity contribution is 0.0778. The molecular weight excluding hydrogens is 342 g/mol. The number of hydrogen-bond donors (Lipinski definition) is 1. The summed E-state index contributed by atoms with van der Waals surface area (Å²) in [6.45, 7) is 0.976. The molecule has 0 aliphatic heterocycles. The van der Waals surface area contributed by atoms with Gasteiger partial charge in [0, 0.05) is 26.2 Å². The highest BCUT2D eigenvalue weighted by Crippen LogP contribution is 2.10. The van der Waals surface area contributed by atoms with Crippen molar-refractivity contribution >= 4 is 11.8 Å². The van der Waals surface area contributed by atoms with Crippen molar-refractivity contribution < 1.29 is 9.59 Å². The quantitative estimate of drug-likeness (QED) is 0.726. The molecule has 27 heavy (non-hydrogen) atoms. The standard InChI is InChI=1S/C20H21N5O2/c1-21-19(26)17-10-8-16(9-11-17)12-24(2)20(27)18-14-25(23-22-18)13-15-6-4-3-5-7-15/h3-11,14H,12-13H2,1-2H3,(H,21,26). The van der Waals surface area contributed by atoms with Gasteiger partial charge >= 0.3 is 0 Å². The fourth-order valence-electron chi connectivity index (χ4n) is 2.69. The Kier molecular flexibility index (Phi) is 5.61. The Labute approximate surface area is 157 Å². The lowest BCUT2D eigenvalue weighted by Gasteiger charge is -2.15. The fourth-order valence-corrected chi connectivity index (χ4v) is 2.69. The van der Waals surface area contributed by atoms with Crippen LogP contribution >= 0.6 is 0 Å². The third kappa shape index (κ3) is 4.58. The number of aromatic nitrogens is 3. The minimum Gasteiger partial charge on any atom is -0.355 e. The van der Waals surface area contributed by atoms with E-state index < -0.39 is 0 Å². The Morgan fingerprint density at radius 1 is 1.04 bits per heavy atom. The molecule has 1 N–H and O–H groups in total. The SMILES string of the molecule is CNC(=O)c1ccc(CN(C)C(=O)c2cn(Cc3ccccc3)nn2)cc1. The van der Waals surface area contributed by atoms with Crippen LogP contribution in [0, 0.1) is 0 Å². The average molecular weight is 363 g/mol. The lowest BCUT2D eigenvalue weighted by Crippen LogP contribution is -2.26. The van der Waals surface area contributed by atoms with Gasteiger partial charge in [0.1, 0.15) is 0 Å². The smallest absolute Gasteiger partial charge is 0.276 e. The number of carbonyl (C=O) groups is 2. The Hall–Kier alpha value is -3.48. The van der Waals surface area contributed by atoms with Crippen LogP contribution in [0.1, 0.15) is 32.0 Å². The van der Waals surface area contributed by atoms with Gasteiger partial charge in [0.2, 0.25) is 0 Å². The summed E-state index contributed by atoms with van der Waals surface area (Å²) in [5.41, 5.74) is 2.90. The molecule has 0 unspecified atom stereocenters. The molecule has 0 aliphatic carbocycles. The zero-order valence-corrected chi connectivity index (χ0v) is 15.3. The van der Waals surface area contributed by atoms with Gasteiger partial charge < -0.3 is 10.2 Å². The maximum Gasteiger partial charge on any atom is 0.276 e. The molecule has 0 radical (unpaired) electrons. The van der Waals surface area contributed by atoms with E-state index in [1.807, 2.05) is 42.5 Å². The van der Waals surface area contributed by atoms with Gasteiger partial charge in [-0.05, 0) is 23.3 Å². The zero-order chi connectivity index (χ0) is 19.2. The third-order valence-corrected chi connectivity index (χ3v) is 4.15. The zero-order valence-electron chi connectivity index (χ0n) is 15.3. The molecule has 3 rings (SSSR count). The van der Waals surface area contributed by atoms with Gasteiger partial charge in [-0.2, -0.15) is 0 Å². The maximum absolute atomic E-state index is 12.6. The predicted molar refractivity (Wildman–Crippen MR) is 101 cm³/mol. The lowest BCUT2D eigenvalue weighted by atomic mass is 10.1. The summed E-state index contributed by atoms with van der Waals surface area (Å²) < 4.78 is 1.65. The molecule has 0 spiro atoms. The largest absolute Gasteiger partial charge is 0.355 e. The van der Waals surface area contributed by atoms with E-state index in [2.05, 4.69) is 15.6 Å². The average Bonchev–Trinajstić information content (AvgIpc) is 3.16. The molecule has 0 atom stereocenters. The van der Waals surface area contributed by atoms with E-state index in [1.165, 1.54) is 0 Å². The summed E-state index contributed by atoms with van der Waals surface area (Å²) in [5.74, 6) is -0.342. The first-order valence-corrected chi connectivity index (χ1v) is 8.57. The van der Waals surface area contributed by atoms with Crippen LogP contribution in [0.15, 0.2) is 60.8 Å². The van der Waals surface area contributed by atoms with Crippen LogP contribution in [0.5, 0.6) is 0 Å². The highest BCUT2D eigenvalue weighted by atomic mass is 16.2. The minimum atomic E-state index is -0.204. The van der Waals surface area contributed by atoms with Crippen LogP contribution in [-0.2, 0) is 13.1 Å². The van der Waals surface area contributed by atoms with Crippen molar-refractivity contribution in [2.75, 3.05) is 14.1 Å². The molecule has 0 saturated carbocycles. The number of benzene rings is 2. The predicted octanol–water partition coefficient (Wildman–Crippen LogP) is 1.96. The third-order valence-electron chi connectivity index (χ3n) is 4.15. The van der Waals surface area contributed by atoms with Crippen molar-refractivity contribution in [2.45, 2.75) is 13.1 Å². The van der Waals surface area contributed by atoms with Crippen LogP contribution in [0.4, 0.5) is 0 Å². The summed E-state index contributed by atoms with van der Waals surface area (Å²) in [4.78, 5) is 25.7. The molecule has 138 valence electrons. The number of hydrogen-bond acceptors (Lipinski definition) is 4. The van der Waals surface area contributed by atoms with Gasteiger partial charge in [-0.15, -0.1) is 5.10 Å². The Bertz CT molecular complexity index is 919. The van der Waals surface area contributed by atoms with Gasteiger partial charge in [0.05, 0.1) is 12.7 Å². The van der Waals surface area contributed by atoms with E-state index in [0.29, 0.717) is 24.3 Å². The number of nitrogens with one attached hydrogen (secondary N) is 1. The van der Waals surface area contributed by atoms with Crippen LogP contribution in [-0.4, -0.2) is 45.8 Å². The van der Waals surface area contributed by atoms with Crippen molar-refractivity contribution in [1.82, 2.24) is 25.2 Å². The molecule has 3 aromatic rings. The van der Waals surface area contributed by atoms with Crippen molar-refractivity contribution in [3.63, 3.8) is 0 Å². The van der Waals surface area contributed by atoms with Gasteiger partial charge in [-0.1, -0.05) is 47.7 Å². The van der Waals surface area contributed by atoms with Crippen molar-refractivity contribution in [3.8, 4) is 0 Å². The summed E-state index contributed by atoms with van der Waals surface area (Å²) in [5, 5.41) is 10.6. The second kappa shape index (κ2) is 8.27. The Morgan fingerprint density at radius 2 is 1.74 bits per heavy atom. The molecule has 0 aliphatic rings. The molecule has 0 bridgehead atoms. The highest BCUT2D eigenvalue weighted by molar-refractivity contribution is 5.94. The van der Waals surface area contributed by atoms with Crippen LogP contribution in [0.3, 0.4) is 0 Å². The van der Waals surface area contributed by atoms with Crippen LogP contribution < -0.4 is 5.32 Å². The maximum atomic E-state index is 12.6. The monoisotopic (exact) mass is 363 g/mol. The molecule has 7 heteroatoms. The van der Waals surface area contributed by atoms with E-state index >= 15 is 0 Å².